The van der Waals surface area contributed by atoms with E-state index in [0.29, 0.717) is 28.6 Å². The zero-order valence-corrected chi connectivity index (χ0v) is 14.2. The Morgan fingerprint density at radius 1 is 0.760 bits per heavy atom. The molecular formula is C20H18O5. The fourth-order valence-electron chi connectivity index (χ4n) is 2.64. The Morgan fingerprint density at radius 2 is 1.40 bits per heavy atom. The average Bonchev–Trinajstić information content (AvgIpc) is 2.66. The van der Waals surface area contributed by atoms with Gasteiger partial charge in [0.15, 0.2) is 11.5 Å². The van der Waals surface area contributed by atoms with Crippen LogP contribution >= 0.6 is 0 Å². The quantitative estimate of drug-likeness (QED) is 0.518. The molecule has 0 aromatic heterocycles. The molecule has 3 aromatic rings. The number of ether oxygens (including phenoxy) is 4. The molecule has 0 heterocycles. The zero-order valence-electron chi connectivity index (χ0n) is 14.2. The number of esters is 1. The van der Waals surface area contributed by atoms with Crippen molar-refractivity contribution in [2.24, 2.45) is 0 Å². The van der Waals surface area contributed by atoms with Gasteiger partial charge < -0.3 is 18.9 Å². The maximum Gasteiger partial charge on any atom is 0.343 e. The van der Waals surface area contributed by atoms with Gasteiger partial charge in [-0.25, -0.2) is 4.79 Å². The highest BCUT2D eigenvalue weighted by molar-refractivity contribution is 5.96. The summed E-state index contributed by atoms with van der Waals surface area (Å²) in [6, 6.07) is 16.4. The minimum absolute atomic E-state index is 0.308. The lowest BCUT2D eigenvalue weighted by molar-refractivity contribution is 0.0736. The molecule has 0 radical (unpaired) electrons. The Balaban J connectivity index is 1.98. The molecule has 25 heavy (non-hydrogen) atoms. The predicted molar refractivity (Wildman–Crippen MR) is 95.0 cm³/mol. The van der Waals surface area contributed by atoms with E-state index in [4.69, 9.17) is 18.9 Å². The van der Waals surface area contributed by atoms with Crippen LogP contribution in [0.2, 0.25) is 0 Å². The molecule has 0 bridgehead atoms. The van der Waals surface area contributed by atoms with Crippen LogP contribution in [0.5, 0.6) is 23.0 Å². The summed E-state index contributed by atoms with van der Waals surface area (Å²) in [5.74, 6) is 1.21. The first-order valence-electron chi connectivity index (χ1n) is 7.68. The second-order valence-corrected chi connectivity index (χ2v) is 5.28. The normalized spacial score (nSPS) is 10.4. The lowest BCUT2D eigenvalue weighted by atomic mass is 10.1. The van der Waals surface area contributed by atoms with Gasteiger partial charge in [-0.1, -0.05) is 36.4 Å². The Kier molecular flexibility index (Phi) is 4.75. The molecule has 0 saturated heterocycles. The zero-order chi connectivity index (χ0) is 17.8. The van der Waals surface area contributed by atoms with E-state index in [-0.39, 0.29) is 0 Å². The third-order valence-electron chi connectivity index (χ3n) is 3.85. The molecule has 5 nitrogen and oxygen atoms in total. The highest BCUT2D eigenvalue weighted by Gasteiger charge is 2.19. The summed E-state index contributed by atoms with van der Waals surface area (Å²) in [4.78, 5) is 12.6. The van der Waals surface area contributed by atoms with E-state index in [1.54, 1.807) is 18.2 Å². The number of benzene rings is 3. The Bertz CT molecular complexity index is 887. The van der Waals surface area contributed by atoms with Gasteiger partial charge in [-0.05, 0) is 23.6 Å². The monoisotopic (exact) mass is 338 g/mol. The van der Waals surface area contributed by atoms with Gasteiger partial charge in [-0.2, -0.15) is 0 Å². The second kappa shape index (κ2) is 7.13. The Hall–Kier alpha value is -3.21. The van der Waals surface area contributed by atoms with Gasteiger partial charge in [0.05, 0.1) is 26.9 Å². The lowest BCUT2D eigenvalue weighted by Gasteiger charge is -2.14. The molecule has 5 heteroatoms. The van der Waals surface area contributed by atoms with Crippen LogP contribution in [-0.4, -0.2) is 27.3 Å². The van der Waals surface area contributed by atoms with Gasteiger partial charge in [0.2, 0.25) is 5.75 Å². The average molecular weight is 338 g/mol. The number of fused-ring (bicyclic) bond motifs is 1. The summed E-state index contributed by atoms with van der Waals surface area (Å²) < 4.78 is 21.4. The molecule has 0 spiro atoms. The van der Waals surface area contributed by atoms with Crippen LogP contribution in [0.1, 0.15) is 10.4 Å². The fraction of sp³-hybridized carbons (Fsp3) is 0.150. The van der Waals surface area contributed by atoms with E-state index >= 15 is 0 Å². The number of carbonyl (C=O) groups is 1. The number of methoxy groups -OCH3 is 3. The van der Waals surface area contributed by atoms with E-state index in [0.717, 1.165) is 10.8 Å². The first-order chi connectivity index (χ1) is 12.2. The number of carbonyl (C=O) groups excluding carboxylic acids is 1. The van der Waals surface area contributed by atoms with Gasteiger partial charge >= 0.3 is 5.97 Å². The fourth-order valence-corrected chi connectivity index (χ4v) is 2.64. The van der Waals surface area contributed by atoms with Crippen molar-refractivity contribution < 1.29 is 23.7 Å². The molecule has 0 saturated carbocycles. The standard InChI is InChI=1S/C20H18O5/c1-22-17-11-14(12-18(23-2)19(17)24-3)20(21)25-16-10-6-8-13-7-4-5-9-15(13)16/h4-12H,1-3H3. The molecule has 3 aromatic carbocycles. The van der Waals surface area contributed by atoms with Crippen molar-refractivity contribution in [1.82, 2.24) is 0 Å². The van der Waals surface area contributed by atoms with Gasteiger partial charge in [-0.3, -0.25) is 0 Å². The first kappa shape index (κ1) is 16.6. The number of hydrogen-bond acceptors (Lipinski definition) is 5. The van der Waals surface area contributed by atoms with Crippen molar-refractivity contribution in [1.29, 1.82) is 0 Å². The minimum atomic E-state index is -0.504. The van der Waals surface area contributed by atoms with E-state index in [1.165, 1.54) is 21.3 Å². The van der Waals surface area contributed by atoms with Crippen molar-refractivity contribution in [3.8, 4) is 23.0 Å². The van der Waals surface area contributed by atoms with Crippen molar-refractivity contribution in [2.45, 2.75) is 0 Å². The summed E-state index contributed by atoms with van der Waals surface area (Å²) in [5.41, 5.74) is 0.308. The van der Waals surface area contributed by atoms with Crippen molar-refractivity contribution in [3.05, 3.63) is 60.2 Å². The van der Waals surface area contributed by atoms with Crippen LogP contribution in [0.25, 0.3) is 10.8 Å². The SMILES string of the molecule is COc1cc(C(=O)Oc2cccc3ccccc23)cc(OC)c1OC. The van der Waals surface area contributed by atoms with E-state index in [2.05, 4.69) is 0 Å². The summed E-state index contributed by atoms with van der Waals surface area (Å²) >= 11 is 0. The molecule has 128 valence electrons. The smallest absolute Gasteiger partial charge is 0.343 e. The number of rotatable bonds is 5. The van der Waals surface area contributed by atoms with Crippen LogP contribution in [0.15, 0.2) is 54.6 Å². The Morgan fingerprint density at radius 3 is 2.04 bits per heavy atom. The topological polar surface area (TPSA) is 54.0 Å². The van der Waals surface area contributed by atoms with Crippen LogP contribution in [0.4, 0.5) is 0 Å². The molecule has 0 N–H and O–H groups in total. The summed E-state index contributed by atoms with van der Waals surface area (Å²) in [7, 11) is 4.50. The predicted octanol–water partition coefficient (Wildman–Crippen LogP) is 4.08. The molecule has 3 rings (SSSR count). The molecule has 0 fully saturated rings. The largest absolute Gasteiger partial charge is 0.493 e. The van der Waals surface area contributed by atoms with Gasteiger partial charge in [0.1, 0.15) is 5.75 Å². The van der Waals surface area contributed by atoms with E-state index in [9.17, 15) is 4.79 Å². The van der Waals surface area contributed by atoms with Crippen LogP contribution < -0.4 is 18.9 Å². The van der Waals surface area contributed by atoms with E-state index < -0.39 is 5.97 Å². The third kappa shape index (κ3) is 3.21. The van der Waals surface area contributed by atoms with Crippen molar-refractivity contribution >= 4 is 16.7 Å². The molecule has 0 aliphatic carbocycles. The highest BCUT2D eigenvalue weighted by atomic mass is 16.5. The van der Waals surface area contributed by atoms with E-state index in [1.807, 2.05) is 36.4 Å². The first-order valence-corrected chi connectivity index (χ1v) is 7.68. The molecule has 0 amide bonds. The Labute approximate surface area is 145 Å². The van der Waals surface area contributed by atoms with Crippen LogP contribution in [0, 0.1) is 0 Å². The number of hydrogen-bond donors (Lipinski definition) is 0. The molecule has 0 atom stereocenters. The molecule has 0 aliphatic rings. The summed E-state index contributed by atoms with van der Waals surface area (Å²) in [5, 5.41) is 1.86. The third-order valence-corrected chi connectivity index (χ3v) is 3.85. The maximum absolute atomic E-state index is 12.6. The minimum Gasteiger partial charge on any atom is -0.493 e. The van der Waals surface area contributed by atoms with Crippen LogP contribution in [-0.2, 0) is 0 Å². The van der Waals surface area contributed by atoms with Crippen LogP contribution in [0.3, 0.4) is 0 Å². The van der Waals surface area contributed by atoms with Gasteiger partial charge in [0, 0.05) is 5.39 Å². The van der Waals surface area contributed by atoms with Gasteiger partial charge in [0.25, 0.3) is 0 Å². The molecule has 0 aliphatic heterocycles. The van der Waals surface area contributed by atoms with Gasteiger partial charge in [-0.15, -0.1) is 0 Å². The summed E-state index contributed by atoms with van der Waals surface area (Å²) in [6.07, 6.45) is 0. The lowest BCUT2D eigenvalue weighted by Crippen LogP contribution is -2.10. The summed E-state index contributed by atoms with van der Waals surface area (Å²) in [6.45, 7) is 0. The maximum atomic E-state index is 12.6. The molecular weight excluding hydrogens is 320 g/mol. The van der Waals surface area contributed by atoms with Crippen molar-refractivity contribution in [3.63, 3.8) is 0 Å². The highest BCUT2D eigenvalue weighted by Crippen LogP contribution is 2.38. The molecule has 0 unspecified atom stereocenters. The second-order valence-electron chi connectivity index (χ2n) is 5.28. The van der Waals surface area contributed by atoms with Crippen molar-refractivity contribution in [2.75, 3.05) is 21.3 Å².